The third-order valence-corrected chi connectivity index (χ3v) is 2.81. The second kappa shape index (κ2) is 7.65. The number of benzene rings is 1. The van der Waals surface area contributed by atoms with Crippen LogP contribution >= 0.6 is 0 Å². The Bertz CT molecular complexity index is 455. The van der Waals surface area contributed by atoms with Gasteiger partial charge in [0.05, 0.1) is 6.04 Å². The van der Waals surface area contributed by atoms with Gasteiger partial charge in [-0.25, -0.2) is 0 Å². The second-order valence-corrected chi connectivity index (χ2v) is 5.23. The maximum absolute atomic E-state index is 11.6. The molecule has 0 saturated heterocycles. The van der Waals surface area contributed by atoms with Gasteiger partial charge in [0.1, 0.15) is 0 Å². The molecule has 0 saturated carbocycles. The van der Waals surface area contributed by atoms with Crippen LogP contribution in [0.2, 0.25) is 0 Å². The summed E-state index contributed by atoms with van der Waals surface area (Å²) < 4.78 is 0. The van der Waals surface area contributed by atoms with Crippen molar-refractivity contribution >= 4 is 23.2 Å². The topological polar surface area (TPSA) is 84.2 Å². The van der Waals surface area contributed by atoms with Crippen LogP contribution in [0.25, 0.3) is 0 Å². The highest BCUT2D eigenvalue weighted by atomic mass is 16.2. The monoisotopic (exact) mass is 277 g/mol. The van der Waals surface area contributed by atoms with Gasteiger partial charge in [0.15, 0.2) is 0 Å². The molecule has 110 valence electrons. The van der Waals surface area contributed by atoms with Crippen molar-refractivity contribution in [2.75, 3.05) is 10.6 Å². The SMILES string of the molecule is CCC(N)C(=O)Nc1ccc(NC(=O)CC(C)C)cc1. The maximum atomic E-state index is 11.6. The molecule has 2 amide bonds. The molecule has 0 bridgehead atoms. The Morgan fingerprint density at radius 1 is 1.10 bits per heavy atom. The average Bonchev–Trinajstić information content (AvgIpc) is 2.39. The summed E-state index contributed by atoms with van der Waals surface area (Å²) >= 11 is 0. The molecule has 0 fully saturated rings. The highest BCUT2D eigenvalue weighted by Crippen LogP contribution is 2.14. The van der Waals surface area contributed by atoms with Crippen LogP contribution in [0, 0.1) is 5.92 Å². The van der Waals surface area contributed by atoms with Crippen molar-refractivity contribution in [1.29, 1.82) is 0 Å². The fraction of sp³-hybridized carbons (Fsp3) is 0.467. The Kier molecular flexibility index (Phi) is 6.18. The summed E-state index contributed by atoms with van der Waals surface area (Å²) in [4.78, 5) is 23.2. The molecule has 1 aromatic rings. The van der Waals surface area contributed by atoms with Crippen LogP contribution in [0.15, 0.2) is 24.3 Å². The lowest BCUT2D eigenvalue weighted by Crippen LogP contribution is -2.34. The van der Waals surface area contributed by atoms with Gasteiger partial charge < -0.3 is 16.4 Å². The third-order valence-electron chi connectivity index (χ3n) is 2.81. The largest absolute Gasteiger partial charge is 0.326 e. The highest BCUT2D eigenvalue weighted by molar-refractivity contribution is 5.95. The minimum absolute atomic E-state index is 0.00945. The van der Waals surface area contributed by atoms with E-state index in [1.165, 1.54) is 0 Å². The van der Waals surface area contributed by atoms with Crippen molar-refractivity contribution in [2.45, 2.75) is 39.7 Å². The Morgan fingerprint density at radius 3 is 2.05 bits per heavy atom. The van der Waals surface area contributed by atoms with Crippen LogP contribution in [0.5, 0.6) is 0 Å². The number of amides is 2. The number of carbonyl (C=O) groups excluding carboxylic acids is 2. The molecular formula is C15H23N3O2. The number of nitrogens with two attached hydrogens (primary N) is 1. The summed E-state index contributed by atoms with van der Waals surface area (Å²) in [5.41, 5.74) is 7.02. The van der Waals surface area contributed by atoms with Gasteiger partial charge in [-0.1, -0.05) is 20.8 Å². The van der Waals surface area contributed by atoms with Crippen molar-refractivity contribution in [3.63, 3.8) is 0 Å². The van der Waals surface area contributed by atoms with Gasteiger partial charge in [0.25, 0.3) is 0 Å². The van der Waals surface area contributed by atoms with Crippen molar-refractivity contribution < 1.29 is 9.59 Å². The molecule has 4 N–H and O–H groups in total. The average molecular weight is 277 g/mol. The minimum atomic E-state index is -0.500. The minimum Gasteiger partial charge on any atom is -0.326 e. The first-order valence-corrected chi connectivity index (χ1v) is 6.88. The molecule has 0 spiro atoms. The Morgan fingerprint density at radius 2 is 1.60 bits per heavy atom. The van der Waals surface area contributed by atoms with Crippen LogP contribution < -0.4 is 16.4 Å². The van der Waals surface area contributed by atoms with Crippen LogP contribution in [-0.2, 0) is 9.59 Å². The van der Waals surface area contributed by atoms with Gasteiger partial charge in [0, 0.05) is 17.8 Å². The van der Waals surface area contributed by atoms with Crippen molar-refractivity contribution in [2.24, 2.45) is 11.7 Å². The zero-order valence-electron chi connectivity index (χ0n) is 12.3. The van der Waals surface area contributed by atoms with Gasteiger partial charge in [-0.3, -0.25) is 9.59 Å². The van der Waals surface area contributed by atoms with E-state index < -0.39 is 6.04 Å². The highest BCUT2D eigenvalue weighted by Gasteiger charge is 2.11. The predicted molar refractivity (Wildman–Crippen MR) is 81.4 cm³/mol. The first-order chi connectivity index (χ1) is 9.42. The third kappa shape index (κ3) is 5.40. The number of nitrogens with one attached hydrogen (secondary N) is 2. The molecule has 1 rings (SSSR count). The Hall–Kier alpha value is -1.88. The summed E-state index contributed by atoms with van der Waals surface area (Å²) in [7, 11) is 0. The van der Waals surface area contributed by atoms with E-state index in [4.69, 9.17) is 5.73 Å². The number of anilines is 2. The predicted octanol–water partition coefficient (Wildman–Crippen LogP) is 2.35. The standard InChI is InChI=1S/C15H23N3O2/c1-4-13(16)15(20)18-12-7-5-11(6-8-12)17-14(19)9-10(2)3/h5-8,10,13H,4,9,16H2,1-3H3,(H,17,19)(H,18,20). The molecule has 1 atom stereocenters. The molecule has 0 aliphatic heterocycles. The molecular weight excluding hydrogens is 254 g/mol. The van der Waals surface area contributed by atoms with Crippen molar-refractivity contribution in [1.82, 2.24) is 0 Å². The Labute approximate surface area is 119 Å². The molecule has 0 aliphatic carbocycles. The van der Waals surface area contributed by atoms with Crippen molar-refractivity contribution in [3.8, 4) is 0 Å². The van der Waals surface area contributed by atoms with Crippen molar-refractivity contribution in [3.05, 3.63) is 24.3 Å². The molecule has 5 nitrogen and oxygen atoms in total. The van der Waals surface area contributed by atoms with Crippen LogP contribution in [0.1, 0.15) is 33.6 Å². The molecule has 0 heterocycles. The number of hydrogen-bond acceptors (Lipinski definition) is 3. The fourth-order valence-corrected chi connectivity index (χ4v) is 1.64. The first kappa shape index (κ1) is 16.2. The molecule has 20 heavy (non-hydrogen) atoms. The van der Waals surface area contributed by atoms with Gasteiger partial charge in [0.2, 0.25) is 11.8 Å². The quantitative estimate of drug-likeness (QED) is 0.746. The van der Waals surface area contributed by atoms with E-state index in [1.807, 2.05) is 20.8 Å². The first-order valence-electron chi connectivity index (χ1n) is 6.88. The van der Waals surface area contributed by atoms with E-state index in [0.717, 1.165) is 0 Å². The number of carbonyl (C=O) groups is 2. The fourth-order valence-electron chi connectivity index (χ4n) is 1.64. The molecule has 0 aromatic heterocycles. The summed E-state index contributed by atoms with van der Waals surface area (Å²) in [6.45, 7) is 5.85. The normalized spacial score (nSPS) is 12.1. The van der Waals surface area contributed by atoms with Gasteiger partial charge in [-0.2, -0.15) is 0 Å². The Balaban J connectivity index is 2.56. The van der Waals surface area contributed by atoms with E-state index in [-0.39, 0.29) is 11.8 Å². The molecule has 5 heteroatoms. The summed E-state index contributed by atoms with van der Waals surface area (Å²) in [6.07, 6.45) is 1.08. The number of rotatable bonds is 6. The lowest BCUT2D eigenvalue weighted by Gasteiger charge is -2.11. The van der Waals surface area contributed by atoms with E-state index in [9.17, 15) is 9.59 Å². The van der Waals surface area contributed by atoms with Crippen LogP contribution in [-0.4, -0.2) is 17.9 Å². The number of hydrogen-bond donors (Lipinski definition) is 3. The van der Waals surface area contributed by atoms with E-state index in [0.29, 0.717) is 30.1 Å². The molecule has 1 aromatic carbocycles. The lowest BCUT2D eigenvalue weighted by molar-refractivity contribution is -0.118. The van der Waals surface area contributed by atoms with Gasteiger partial charge in [-0.05, 0) is 36.6 Å². The summed E-state index contributed by atoms with van der Waals surface area (Å²) in [6, 6.07) is 6.49. The molecule has 0 aliphatic rings. The van der Waals surface area contributed by atoms with E-state index >= 15 is 0 Å². The lowest BCUT2D eigenvalue weighted by atomic mass is 10.1. The second-order valence-electron chi connectivity index (χ2n) is 5.23. The summed E-state index contributed by atoms with van der Waals surface area (Å²) in [5, 5.41) is 5.54. The van der Waals surface area contributed by atoms with E-state index in [1.54, 1.807) is 24.3 Å². The van der Waals surface area contributed by atoms with Crippen LogP contribution in [0.4, 0.5) is 11.4 Å². The summed E-state index contributed by atoms with van der Waals surface area (Å²) in [5.74, 6) is 0.109. The van der Waals surface area contributed by atoms with Gasteiger partial charge in [-0.15, -0.1) is 0 Å². The van der Waals surface area contributed by atoms with Crippen LogP contribution in [0.3, 0.4) is 0 Å². The van der Waals surface area contributed by atoms with E-state index in [2.05, 4.69) is 10.6 Å². The maximum Gasteiger partial charge on any atom is 0.241 e. The molecule has 0 radical (unpaired) electrons. The smallest absolute Gasteiger partial charge is 0.241 e. The van der Waals surface area contributed by atoms with Gasteiger partial charge >= 0.3 is 0 Å². The zero-order valence-corrected chi connectivity index (χ0v) is 12.3. The zero-order chi connectivity index (χ0) is 15.1. The molecule has 1 unspecified atom stereocenters.